The zero-order chi connectivity index (χ0) is 18.7. The molecule has 0 radical (unpaired) electrons. The molecule has 1 heterocycles. The first kappa shape index (κ1) is 17.5. The normalized spacial score (nSPS) is 10.5. The third-order valence-electron chi connectivity index (χ3n) is 3.62. The molecule has 0 aliphatic carbocycles. The first-order valence-electron chi connectivity index (χ1n) is 7.46. The number of benzene rings is 2. The number of ketones is 1. The molecule has 8 heteroatoms. The number of nitro groups is 1. The lowest BCUT2D eigenvalue weighted by atomic mass is 10.1. The van der Waals surface area contributed by atoms with Crippen molar-refractivity contribution in [1.82, 2.24) is 4.98 Å². The smallest absolute Gasteiger partial charge is 0.339 e. The predicted molar refractivity (Wildman–Crippen MR) is 94.5 cm³/mol. The summed E-state index contributed by atoms with van der Waals surface area (Å²) in [5.74, 6) is -1.28. The van der Waals surface area contributed by atoms with Gasteiger partial charge in [-0.3, -0.25) is 14.9 Å². The number of rotatable bonds is 5. The largest absolute Gasteiger partial charge is 0.454 e. The Labute approximate surface area is 152 Å². The molecular weight excluding hydrogens is 360 g/mol. The number of para-hydroxylation sites is 1. The van der Waals surface area contributed by atoms with Crippen LogP contribution in [0, 0.1) is 10.1 Å². The molecule has 0 saturated heterocycles. The van der Waals surface area contributed by atoms with Gasteiger partial charge in [-0.05, 0) is 12.1 Å². The minimum absolute atomic E-state index is 0.0876. The van der Waals surface area contributed by atoms with Gasteiger partial charge in [-0.25, -0.2) is 9.78 Å². The molecule has 26 heavy (non-hydrogen) atoms. The van der Waals surface area contributed by atoms with E-state index in [9.17, 15) is 19.7 Å². The van der Waals surface area contributed by atoms with Crippen molar-refractivity contribution in [2.24, 2.45) is 0 Å². The van der Waals surface area contributed by atoms with E-state index in [-0.39, 0.29) is 22.0 Å². The molecule has 130 valence electrons. The summed E-state index contributed by atoms with van der Waals surface area (Å²) in [7, 11) is 0. The van der Waals surface area contributed by atoms with Crippen molar-refractivity contribution in [3.05, 3.63) is 81.0 Å². The highest BCUT2D eigenvalue weighted by Crippen LogP contribution is 2.22. The van der Waals surface area contributed by atoms with Crippen LogP contribution in [-0.2, 0) is 4.74 Å². The summed E-state index contributed by atoms with van der Waals surface area (Å²) >= 11 is 5.92. The number of nitrogens with zero attached hydrogens (tertiary/aromatic N) is 2. The van der Waals surface area contributed by atoms with Crippen molar-refractivity contribution in [2.75, 3.05) is 6.61 Å². The number of carbonyl (C=O) groups is 2. The molecule has 0 aliphatic heterocycles. The van der Waals surface area contributed by atoms with Crippen molar-refractivity contribution < 1.29 is 19.2 Å². The number of ether oxygens (including phenoxy) is 1. The highest BCUT2D eigenvalue weighted by molar-refractivity contribution is 6.30. The van der Waals surface area contributed by atoms with Gasteiger partial charge in [0.1, 0.15) is 5.15 Å². The summed E-state index contributed by atoms with van der Waals surface area (Å²) in [6.45, 7) is -0.547. The zero-order valence-electron chi connectivity index (χ0n) is 13.2. The molecule has 0 amide bonds. The quantitative estimate of drug-likeness (QED) is 0.222. The monoisotopic (exact) mass is 370 g/mol. The summed E-state index contributed by atoms with van der Waals surface area (Å²) in [6.07, 6.45) is 0. The lowest BCUT2D eigenvalue weighted by molar-refractivity contribution is -0.384. The van der Waals surface area contributed by atoms with E-state index in [1.807, 2.05) is 0 Å². The van der Waals surface area contributed by atoms with Crippen LogP contribution in [0.4, 0.5) is 5.69 Å². The van der Waals surface area contributed by atoms with Crippen molar-refractivity contribution >= 4 is 39.9 Å². The molecule has 0 saturated carbocycles. The number of aromatic nitrogens is 1. The number of hydrogen-bond acceptors (Lipinski definition) is 6. The molecule has 0 atom stereocenters. The second-order valence-electron chi connectivity index (χ2n) is 5.32. The Morgan fingerprint density at radius 3 is 2.65 bits per heavy atom. The van der Waals surface area contributed by atoms with E-state index in [0.717, 1.165) is 6.07 Å². The second kappa shape index (κ2) is 7.28. The molecule has 3 rings (SSSR count). The number of Topliss-reactive ketones (excluding diaryl/α,β-unsaturated/α-hetero) is 1. The van der Waals surface area contributed by atoms with E-state index in [1.54, 1.807) is 24.3 Å². The van der Waals surface area contributed by atoms with E-state index in [4.69, 9.17) is 16.3 Å². The highest BCUT2D eigenvalue weighted by atomic mass is 35.5. The Kier molecular flexibility index (Phi) is 4.90. The molecule has 0 unspecified atom stereocenters. The molecule has 0 N–H and O–H groups in total. The van der Waals surface area contributed by atoms with E-state index in [2.05, 4.69) is 4.98 Å². The predicted octanol–water partition coefficient (Wildman–Crippen LogP) is 3.84. The average Bonchev–Trinajstić information content (AvgIpc) is 2.65. The number of nitro benzene ring substituents is 1. The van der Waals surface area contributed by atoms with Gasteiger partial charge in [-0.2, -0.15) is 0 Å². The fraction of sp³-hybridized carbons (Fsp3) is 0.0556. The lowest BCUT2D eigenvalue weighted by Crippen LogP contribution is -2.15. The van der Waals surface area contributed by atoms with Gasteiger partial charge in [-0.1, -0.05) is 41.9 Å². The fourth-order valence-corrected chi connectivity index (χ4v) is 2.60. The molecule has 0 spiro atoms. The molecule has 0 bridgehead atoms. The van der Waals surface area contributed by atoms with Crippen molar-refractivity contribution in [1.29, 1.82) is 0 Å². The number of non-ortho nitro benzene ring substituents is 1. The summed E-state index contributed by atoms with van der Waals surface area (Å²) < 4.78 is 5.06. The standard InChI is InChI=1S/C18H11ClN2O5/c19-17-9-14(13-6-1-2-7-15(13)20-17)18(23)26-10-16(22)11-4-3-5-12(8-11)21(24)25/h1-9H,10H2. The van der Waals surface area contributed by atoms with Gasteiger partial charge in [0.2, 0.25) is 5.78 Å². The number of pyridine rings is 1. The van der Waals surface area contributed by atoms with Crippen LogP contribution in [0.3, 0.4) is 0 Å². The van der Waals surface area contributed by atoms with Crippen LogP contribution in [0.2, 0.25) is 5.15 Å². The summed E-state index contributed by atoms with van der Waals surface area (Å²) in [5, 5.41) is 11.4. The number of esters is 1. The van der Waals surface area contributed by atoms with Gasteiger partial charge in [0, 0.05) is 23.1 Å². The molecular formula is C18H11ClN2O5. The Balaban J connectivity index is 1.78. The maximum absolute atomic E-state index is 12.4. The molecule has 0 fully saturated rings. The number of hydrogen-bond donors (Lipinski definition) is 0. The van der Waals surface area contributed by atoms with Gasteiger partial charge in [0.15, 0.2) is 6.61 Å². The Hall–Kier alpha value is -3.32. The first-order chi connectivity index (χ1) is 12.5. The first-order valence-corrected chi connectivity index (χ1v) is 7.83. The molecule has 7 nitrogen and oxygen atoms in total. The number of carbonyl (C=O) groups excluding carboxylic acids is 2. The van der Waals surface area contributed by atoms with Crippen molar-refractivity contribution in [3.8, 4) is 0 Å². The van der Waals surface area contributed by atoms with Crippen LogP contribution in [0.25, 0.3) is 10.9 Å². The fourth-order valence-electron chi connectivity index (χ4n) is 2.40. The van der Waals surface area contributed by atoms with Crippen LogP contribution in [-0.4, -0.2) is 28.3 Å². The van der Waals surface area contributed by atoms with Crippen LogP contribution in [0.5, 0.6) is 0 Å². The highest BCUT2D eigenvalue weighted by Gasteiger charge is 2.17. The van der Waals surface area contributed by atoms with Crippen molar-refractivity contribution in [2.45, 2.75) is 0 Å². The Bertz CT molecular complexity index is 1040. The molecule has 1 aromatic heterocycles. The lowest BCUT2D eigenvalue weighted by Gasteiger charge is -2.07. The van der Waals surface area contributed by atoms with E-state index in [0.29, 0.717) is 10.9 Å². The zero-order valence-corrected chi connectivity index (χ0v) is 14.0. The van der Waals surface area contributed by atoms with Crippen LogP contribution in [0.15, 0.2) is 54.6 Å². The third-order valence-corrected chi connectivity index (χ3v) is 3.81. The second-order valence-corrected chi connectivity index (χ2v) is 5.70. The maximum Gasteiger partial charge on any atom is 0.339 e. The van der Waals surface area contributed by atoms with Gasteiger partial charge >= 0.3 is 5.97 Å². The van der Waals surface area contributed by atoms with Crippen LogP contribution in [0.1, 0.15) is 20.7 Å². The van der Waals surface area contributed by atoms with Gasteiger partial charge < -0.3 is 4.74 Å². The molecule has 3 aromatic rings. The maximum atomic E-state index is 12.4. The van der Waals surface area contributed by atoms with E-state index < -0.39 is 23.3 Å². The number of halogens is 1. The van der Waals surface area contributed by atoms with Gasteiger partial charge in [0.25, 0.3) is 5.69 Å². The Morgan fingerprint density at radius 1 is 1.12 bits per heavy atom. The topological polar surface area (TPSA) is 99.4 Å². The van der Waals surface area contributed by atoms with Crippen molar-refractivity contribution in [3.63, 3.8) is 0 Å². The summed E-state index contributed by atoms with van der Waals surface area (Å²) in [4.78, 5) is 38.8. The molecule has 0 aliphatic rings. The number of fused-ring (bicyclic) bond motifs is 1. The van der Waals surface area contributed by atoms with Crippen LogP contribution >= 0.6 is 11.6 Å². The van der Waals surface area contributed by atoms with Crippen LogP contribution < -0.4 is 0 Å². The molecule has 2 aromatic carbocycles. The minimum atomic E-state index is -0.732. The van der Waals surface area contributed by atoms with Gasteiger partial charge in [0.05, 0.1) is 16.0 Å². The summed E-state index contributed by atoms with van der Waals surface area (Å²) in [6, 6.07) is 13.5. The summed E-state index contributed by atoms with van der Waals surface area (Å²) in [5.41, 5.74) is 0.586. The third kappa shape index (κ3) is 3.68. The Morgan fingerprint density at radius 2 is 1.88 bits per heavy atom. The van der Waals surface area contributed by atoms with E-state index >= 15 is 0 Å². The SMILES string of the molecule is O=C(COC(=O)c1cc(Cl)nc2ccccc12)c1cccc([N+](=O)[O-])c1. The minimum Gasteiger partial charge on any atom is -0.454 e. The average molecular weight is 371 g/mol. The van der Waals surface area contributed by atoms with Gasteiger partial charge in [-0.15, -0.1) is 0 Å². The van der Waals surface area contributed by atoms with E-state index in [1.165, 1.54) is 24.3 Å².